The van der Waals surface area contributed by atoms with E-state index < -0.39 is 0 Å². The van der Waals surface area contributed by atoms with Crippen LogP contribution in [0.5, 0.6) is 0 Å². The van der Waals surface area contributed by atoms with Crippen molar-refractivity contribution < 1.29 is 0 Å². The van der Waals surface area contributed by atoms with E-state index in [9.17, 15) is 0 Å². The Morgan fingerprint density at radius 1 is 1.00 bits per heavy atom. The zero-order chi connectivity index (χ0) is 21.5. The van der Waals surface area contributed by atoms with Gasteiger partial charge in [-0.1, -0.05) is 102 Å². The van der Waals surface area contributed by atoms with Crippen molar-refractivity contribution in [1.82, 2.24) is 0 Å². The molecule has 0 atom stereocenters. The van der Waals surface area contributed by atoms with Gasteiger partial charge in [0.05, 0.1) is 0 Å². The van der Waals surface area contributed by atoms with Crippen LogP contribution in [-0.2, 0) is 5.41 Å². The van der Waals surface area contributed by atoms with E-state index in [-0.39, 0.29) is 5.41 Å². The van der Waals surface area contributed by atoms with Crippen molar-refractivity contribution in [2.45, 2.75) is 46.5 Å². The normalized spacial score (nSPS) is 15.9. The number of fused-ring (bicyclic) bond motifs is 4. The van der Waals surface area contributed by atoms with Crippen LogP contribution < -0.4 is 0 Å². The Morgan fingerprint density at radius 2 is 1.70 bits per heavy atom. The van der Waals surface area contributed by atoms with Crippen LogP contribution in [0.1, 0.15) is 52.2 Å². The predicted molar refractivity (Wildman–Crippen MR) is 134 cm³/mol. The molecule has 0 saturated heterocycles. The van der Waals surface area contributed by atoms with E-state index in [2.05, 4.69) is 114 Å². The highest BCUT2D eigenvalue weighted by molar-refractivity contribution is 6.08. The summed E-state index contributed by atoms with van der Waals surface area (Å²) >= 11 is 0. The summed E-state index contributed by atoms with van der Waals surface area (Å²) in [5.74, 6) is 0.502. The van der Waals surface area contributed by atoms with Gasteiger partial charge in [-0.2, -0.15) is 0 Å². The molecule has 0 bridgehead atoms. The third kappa shape index (κ3) is 3.35. The Bertz CT molecular complexity index is 1230. The van der Waals surface area contributed by atoms with Gasteiger partial charge < -0.3 is 0 Å². The van der Waals surface area contributed by atoms with Crippen molar-refractivity contribution >= 4 is 27.1 Å². The fourth-order valence-corrected chi connectivity index (χ4v) is 4.65. The summed E-state index contributed by atoms with van der Waals surface area (Å²) in [6, 6.07) is 18.0. The van der Waals surface area contributed by atoms with Gasteiger partial charge in [-0.25, -0.2) is 0 Å². The van der Waals surface area contributed by atoms with Gasteiger partial charge in [0.1, 0.15) is 0 Å². The van der Waals surface area contributed by atoms with E-state index in [1.165, 1.54) is 43.8 Å². The Hall–Kier alpha value is -2.86. The molecule has 0 heterocycles. The number of hydrogen-bond acceptors (Lipinski definition) is 0. The molecule has 0 N–H and O–H groups in total. The van der Waals surface area contributed by atoms with Crippen molar-refractivity contribution in [2.75, 3.05) is 0 Å². The van der Waals surface area contributed by atoms with Gasteiger partial charge in [-0.05, 0) is 73.9 Å². The average molecular weight is 393 g/mol. The minimum atomic E-state index is -0.0508. The summed E-state index contributed by atoms with van der Waals surface area (Å²) in [7, 11) is 0. The zero-order valence-corrected chi connectivity index (χ0v) is 18.9. The molecule has 0 aromatic heterocycles. The van der Waals surface area contributed by atoms with Crippen LogP contribution in [0.15, 0.2) is 90.6 Å². The molecule has 0 unspecified atom stereocenters. The summed E-state index contributed by atoms with van der Waals surface area (Å²) in [5.41, 5.74) is 6.49. The number of hydrogen-bond donors (Lipinski definition) is 0. The van der Waals surface area contributed by atoms with E-state index in [0.29, 0.717) is 5.92 Å². The quantitative estimate of drug-likeness (QED) is 0.301. The molecule has 3 aromatic rings. The van der Waals surface area contributed by atoms with E-state index in [1.807, 2.05) is 0 Å². The second-order valence-corrected chi connectivity index (χ2v) is 9.26. The van der Waals surface area contributed by atoms with Crippen molar-refractivity contribution in [1.29, 1.82) is 0 Å². The maximum atomic E-state index is 4.52. The topological polar surface area (TPSA) is 0 Å². The van der Waals surface area contributed by atoms with Crippen molar-refractivity contribution in [2.24, 2.45) is 5.92 Å². The molecule has 0 radical (unpaired) electrons. The Balaban J connectivity index is 2.07. The second-order valence-electron chi connectivity index (χ2n) is 9.26. The molecule has 0 fully saturated rings. The van der Waals surface area contributed by atoms with E-state index in [0.717, 1.165) is 12.0 Å². The molecular weight excluding hydrogens is 360 g/mol. The van der Waals surface area contributed by atoms with Crippen LogP contribution in [0.3, 0.4) is 0 Å². The van der Waals surface area contributed by atoms with Crippen LogP contribution in [0.25, 0.3) is 27.1 Å². The third-order valence-corrected chi connectivity index (χ3v) is 6.28. The van der Waals surface area contributed by atoms with Gasteiger partial charge in [-0.15, -0.1) is 0 Å². The summed E-state index contributed by atoms with van der Waals surface area (Å²) < 4.78 is 0. The van der Waals surface area contributed by atoms with Crippen LogP contribution in [0.4, 0.5) is 0 Å². The first-order valence-electron chi connectivity index (χ1n) is 11.1. The highest BCUT2D eigenvalue weighted by atomic mass is 14.4. The molecule has 0 aliphatic heterocycles. The Labute approximate surface area is 181 Å². The maximum absolute atomic E-state index is 4.52. The molecule has 0 saturated carbocycles. The summed E-state index contributed by atoms with van der Waals surface area (Å²) in [6.07, 6.45) is 10.1. The summed E-state index contributed by atoms with van der Waals surface area (Å²) in [4.78, 5) is 0. The van der Waals surface area contributed by atoms with Crippen LogP contribution in [0, 0.1) is 5.92 Å². The standard InChI is InChI=1S/C30H32/c1-7-8-13-26-28(21(4)15-14-20(2)3)29-25-19-23-12-10-9-11-22(23)18-24(25)16-17-27(29)30(26,5)6/h8-20H,4,7H2,1-3,5-6H3/b13-8-,15-14-. The average Bonchev–Trinajstić information content (AvgIpc) is 2.95. The Morgan fingerprint density at radius 3 is 2.37 bits per heavy atom. The minimum absolute atomic E-state index is 0.0508. The lowest BCUT2D eigenvalue weighted by atomic mass is 9.80. The zero-order valence-electron chi connectivity index (χ0n) is 18.9. The molecule has 0 nitrogen and oxygen atoms in total. The highest BCUT2D eigenvalue weighted by Gasteiger charge is 2.37. The molecular formula is C30H32. The smallest absolute Gasteiger partial charge is 0.0159 e. The fourth-order valence-electron chi connectivity index (χ4n) is 4.65. The highest BCUT2D eigenvalue weighted by Crippen LogP contribution is 2.52. The number of allylic oxidation sites excluding steroid dienone is 7. The molecule has 3 aromatic carbocycles. The third-order valence-electron chi connectivity index (χ3n) is 6.28. The molecule has 4 rings (SSSR count). The van der Waals surface area contributed by atoms with Crippen molar-refractivity contribution in [3.05, 3.63) is 102 Å². The fraction of sp³-hybridized carbons (Fsp3) is 0.267. The van der Waals surface area contributed by atoms with Gasteiger partial charge in [0, 0.05) is 5.41 Å². The van der Waals surface area contributed by atoms with Gasteiger partial charge in [0.25, 0.3) is 0 Å². The number of benzene rings is 3. The van der Waals surface area contributed by atoms with E-state index in [1.54, 1.807) is 0 Å². The summed E-state index contributed by atoms with van der Waals surface area (Å²) in [6.45, 7) is 15.8. The molecule has 1 aliphatic rings. The molecule has 0 amide bonds. The maximum Gasteiger partial charge on any atom is 0.0159 e. The van der Waals surface area contributed by atoms with Crippen LogP contribution >= 0.6 is 0 Å². The predicted octanol–water partition coefficient (Wildman–Crippen LogP) is 8.77. The van der Waals surface area contributed by atoms with Crippen molar-refractivity contribution in [3.63, 3.8) is 0 Å². The Kier molecular flexibility index (Phi) is 5.28. The van der Waals surface area contributed by atoms with Gasteiger partial charge in [0.2, 0.25) is 0 Å². The molecule has 1 aliphatic carbocycles. The largest absolute Gasteiger partial charge is 0.0911 e. The summed E-state index contributed by atoms with van der Waals surface area (Å²) in [5, 5.41) is 5.20. The number of rotatable bonds is 5. The van der Waals surface area contributed by atoms with Gasteiger partial charge >= 0.3 is 0 Å². The first kappa shape index (κ1) is 20.4. The molecule has 152 valence electrons. The van der Waals surface area contributed by atoms with Gasteiger partial charge in [0.15, 0.2) is 0 Å². The first-order valence-corrected chi connectivity index (χ1v) is 11.1. The monoisotopic (exact) mass is 392 g/mol. The molecule has 0 spiro atoms. The van der Waals surface area contributed by atoms with Crippen LogP contribution in [-0.4, -0.2) is 0 Å². The lowest BCUT2D eigenvalue weighted by Crippen LogP contribution is -2.16. The minimum Gasteiger partial charge on any atom is -0.0911 e. The lowest BCUT2D eigenvalue weighted by Gasteiger charge is -2.23. The van der Waals surface area contributed by atoms with E-state index >= 15 is 0 Å². The second kappa shape index (κ2) is 7.76. The van der Waals surface area contributed by atoms with Crippen molar-refractivity contribution in [3.8, 4) is 0 Å². The SMILES string of the molecule is C=C(/C=C\C(C)C)C1=C(/C=C\CC)C(C)(C)c2ccc3cc4ccccc4cc3c21. The lowest BCUT2D eigenvalue weighted by molar-refractivity contribution is 0.654. The van der Waals surface area contributed by atoms with Gasteiger partial charge in [-0.3, -0.25) is 0 Å². The molecule has 0 heteroatoms. The van der Waals surface area contributed by atoms with Crippen LogP contribution in [0.2, 0.25) is 0 Å². The first-order chi connectivity index (χ1) is 14.3. The van der Waals surface area contributed by atoms with E-state index in [4.69, 9.17) is 0 Å². The molecule has 30 heavy (non-hydrogen) atoms.